The summed E-state index contributed by atoms with van der Waals surface area (Å²) >= 11 is 5.27. The lowest BCUT2D eigenvalue weighted by atomic mass is 10.1. The summed E-state index contributed by atoms with van der Waals surface area (Å²) in [5.74, 6) is 0.0870. The van der Waals surface area contributed by atoms with E-state index in [1.54, 1.807) is 18.3 Å². The second-order valence-electron chi connectivity index (χ2n) is 6.45. The van der Waals surface area contributed by atoms with Crippen LogP contribution in [-0.2, 0) is 0 Å². The molecule has 0 radical (unpaired) electrons. The summed E-state index contributed by atoms with van der Waals surface area (Å²) in [6, 6.07) is 14.4. The molecule has 0 unspecified atom stereocenters. The molecule has 0 bridgehead atoms. The van der Waals surface area contributed by atoms with E-state index in [0.717, 1.165) is 23.4 Å². The van der Waals surface area contributed by atoms with E-state index in [0.29, 0.717) is 29.1 Å². The van der Waals surface area contributed by atoms with Gasteiger partial charge < -0.3 is 4.90 Å². The predicted octanol–water partition coefficient (Wildman–Crippen LogP) is 4.68. The normalized spacial score (nSPS) is 11.0. The number of benzene rings is 2. The molecular weight excluding hydrogens is 387 g/mol. The number of aryl methyl sites for hydroxylation is 1. The first-order valence-electron chi connectivity index (χ1n) is 9.23. The molecule has 0 spiro atoms. The van der Waals surface area contributed by atoms with Crippen LogP contribution in [0, 0.1) is 28.8 Å². The highest BCUT2D eigenvalue weighted by Gasteiger charge is 2.10. The zero-order chi connectivity index (χ0) is 20.8. The van der Waals surface area contributed by atoms with Crippen LogP contribution < -0.4 is 4.90 Å². The van der Waals surface area contributed by atoms with Crippen molar-refractivity contribution in [2.24, 2.45) is 5.10 Å². The summed E-state index contributed by atoms with van der Waals surface area (Å²) in [6.45, 7) is 5.60. The van der Waals surface area contributed by atoms with Crippen LogP contribution in [0.2, 0.25) is 0 Å². The molecule has 0 aliphatic heterocycles. The molecule has 0 aliphatic carbocycles. The van der Waals surface area contributed by atoms with Gasteiger partial charge in [0.15, 0.2) is 5.82 Å². The maximum atomic E-state index is 13.6. The molecule has 0 saturated carbocycles. The van der Waals surface area contributed by atoms with Crippen molar-refractivity contribution >= 4 is 24.1 Å². The second-order valence-corrected chi connectivity index (χ2v) is 6.83. The Labute approximate surface area is 173 Å². The van der Waals surface area contributed by atoms with E-state index in [2.05, 4.69) is 39.3 Å². The van der Waals surface area contributed by atoms with Gasteiger partial charge in [0.25, 0.3) is 0 Å². The minimum atomic E-state index is -0.352. The summed E-state index contributed by atoms with van der Waals surface area (Å²) in [5, 5.41) is 20.2. The molecule has 0 saturated heterocycles. The Bertz CT molecular complexity index is 1120. The topological polar surface area (TPSA) is 73.0 Å². The number of hydrogen-bond acceptors (Lipinski definition) is 5. The number of aromatic nitrogens is 3. The van der Waals surface area contributed by atoms with Gasteiger partial charge in [-0.2, -0.15) is 20.1 Å². The van der Waals surface area contributed by atoms with Crippen molar-refractivity contribution in [2.75, 3.05) is 18.0 Å². The third-order valence-corrected chi connectivity index (χ3v) is 4.80. The van der Waals surface area contributed by atoms with Gasteiger partial charge in [-0.25, -0.2) is 9.49 Å². The fraction of sp³-hybridized carbons (Fsp3) is 0.238. The van der Waals surface area contributed by atoms with E-state index < -0.39 is 0 Å². The Morgan fingerprint density at radius 3 is 2.86 bits per heavy atom. The van der Waals surface area contributed by atoms with Crippen molar-refractivity contribution in [3.63, 3.8) is 0 Å². The van der Waals surface area contributed by atoms with Gasteiger partial charge in [0.05, 0.1) is 18.7 Å². The third-order valence-electron chi connectivity index (χ3n) is 4.54. The van der Waals surface area contributed by atoms with Gasteiger partial charge >= 0.3 is 0 Å². The number of H-pyrrole nitrogens is 1. The summed E-state index contributed by atoms with van der Waals surface area (Å²) < 4.78 is 15.4. The first kappa shape index (κ1) is 20.4. The largest absolute Gasteiger partial charge is 0.371 e. The fourth-order valence-corrected chi connectivity index (χ4v) is 3.17. The Kier molecular flexibility index (Phi) is 6.52. The molecule has 3 rings (SSSR count). The standard InChI is InChI=1S/C21H21FN6S/c1-3-27(11-5-10-23)19-9-8-17(15(2)12-19)14-24-28-20(25-26-21(28)29)16-6-4-7-18(22)13-16/h4,6-9,12-14H,3,5,11H2,1-2H3,(H,26,29)/b24-14-. The molecule has 3 aromatic rings. The van der Waals surface area contributed by atoms with Crippen molar-refractivity contribution in [1.29, 1.82) is 5.26 Å². The minimum Gasteiger partial charge on any atom is -0.371 e. The zero-order valence-electron chi connectivity index (χ0n) is 16.3. The van der Waals surface area contributed by atoms with Crippen molar-refractivity contribution < 1.29 is 4.39 Å². The number of hydrogen-bond donors (Lipinski definition) is 1. The van der Waals surface area contributed by atoms with Gasteiger partial charge in [-0.05, 0) is 61.5 Å². The van der Waals surface area contributed by atoms with Crippen molar-refractivity contribution in [1.82, 2.24) is 14.9 Å². The highest BCUT2D eigenvalue weighted by Crippen LogP contribution is 2.20. The monoisotopic (exact) mass is 408 g/mol. The van der Waals surface area contributed by atoms with Gasteiger partial charge in [0, 0.05) is 24.3 Å². The molecule has 2 aromatic carbocycles. The number of nitriles is 1. The maximum Gasteiger partial charge on any atom is 0.216 e. The van der Waals surface area contributed by atoms with E-state index in [1.807, 2.05) is 19.1 Å². The molecule has 148 valence electrons. The van der Waals surface area contributed by atoms with E-state index in [-0.39, 0.29) is 5.82 Å². The zero-order valence-corrected chi connectivity index (χ0v) is 17.1. The van der Waals surface area contributed by atoms with Crippen LogP contribution in [0.15, 0.2) is 47.6 Å². The summed E-state index contributed by atoms with van der Waals surface area (Å²) in [4.78, 5) is 2.16. The number of nitrogens with zero attached hydrogens (tertiary/aromatic N) is 5. The maximum absolute atomic E-state index is 13.6. The lowest BCUT2D eigenvalue weighted by Crippen LogP contribution is -2.23. The summed E-state index contributed by atoms with van der Waals surface area (Å²) in [6.07, 6.45) is 2.19. The van der Waals surface area contributed by atoms with Crippen molar-refractivity contribution in [3.8, 4) is 17.5 Å². The SMILES string of the molecule is CCN(CCC#N)c1ccc(/C=N\n2c(-c3cccc(F)c3)n[nH]c2=S)c(C)c1. The Morgan fingerprint density at radius 2 is 2.17 bits per heavy atom. The minimum absolute atomic E-state index is 0.323. The molecule has 0 amide bonds. The second kappa shape index (κ2) is 9.26. The van der Waals surface area contributed by atoms with Gasteiger partial charge in [0.1, 0.15) is 5.82 Å². The highest BCUT2D eigenvalue weighted by molar-refractivity contribution is 7.71. The van der Waals surface area contributed by atoms with Crippen molar-refractivity contribution in [3.05, 3.63) is 64.2 Å². The van der Waals surface area contributed by atoms with Crippen molar-refractivity contribution in [2.45, 2.75) is 20.3 Å². The Morgan fingerprint density at radius 1 is 1.34 bits per heavy atom. The number of aromatic amines is 1. The number of rotatable bonds is 7. The van der Waals surface area contributed by atoms with Gasteiger partial charge in [-0.1, -0.05) is 18.2 Å². The number of halogens is 1. The van der Waals surface area contributed by atoms with E-state index in [4.69, 9.17) is 17.5 Å². The molecule has 0 aliphatic rings. The van der Waals surface area contributed by atoms with Crippen LogP contribution in [0.5, 0.6) is 0 Å². The van der Waals surface area contributed by atoms with E-state index in [1.165, 1.54) is 16.8 Å². The van der Waals surface area contributed by atoms with Crippen LogP contribution in [0.4, 0.5) is 10.1 Å². The van der Waals surface area contributed by atoms with Gasteiger partial charge in [-0.3, -0.25) is 0 Å². The van der Waals surface area contributed by atoms with Gasteiger partial charge in [0.2, 0.25) is 4.77 Å². The Hall–Kier alpha value is -3.31. The number of anilines is 1. The lowest BCUT2D eigenvalue weighted by molar-refractivity contribution is 0.628. The first-order valence-corrected chi connectivity index (χ1v) is 9.64. The molecule has 0 fully saturated rings. The summed E-state index contributed by atoms with van der Waals surface area (Å²) in [7, 11) is 0. The van der Waals surface area contributed by atoms with Crippen LogP contribution in [0.3, 0.4) is 0 Å². The molecule has 8 heteroatoms. The smallest absolute Gasteiger partial charge is 0.216 e. The number of nitrogens with one attached hydrogen (secondary N) is 1. The van der Waals surface area contributed by atoms with Gasteiger partial charge in [-0.15, -0.1) is 0 Å². The van der Waals surface area contributed by atoms with Crippen LogP contribution >= 0.6 is 12.2 Å². The molecule has 0 atom stereocenters. The molecule has 1 aromatic heterocycles. The highest BCUT2D eigenvalue weighted by atomic mass is 32.1. The molecule has 6 nitrogen and oxygen atoms in total. The first-order chi connectivity index (χ1) is 14.0. The van der Waals surface area contributed by atoms with Crippen LogP contribution in [0.1, 0.15) is 24.5 Å². The summed E-state index contributed by atoms with van der Waals surface area (Å²) in [5.41, 5.74) is 3.62. The van der Waals surface area contributed by atoms with Crippen LogP contribution in [-0.4, -0.2) is 34.2 Å². The Balaban J connectivity index is 1.89. The molecular formula is C21H21FN6S. The van der Waals surface area contributed by atoms with Crippen LogP contribution in [0.25, 0.3) is 11.4 Å². The van der Waals surface area contributed by atoms with E-state index >= 15 is 0 Å². The van der Waals surface area contributed by atoms with E-state index in [9.17, 15) is 4.39 Å². The molecule has 1 heterocycles. The predicted molar refractivity (Wildman–Crippen MR) is 115 cm³/mol. The average molecular weight is 409 g/mol. The average Bonchev–Trinajstić information content (AvgIpc) is 3.08. The fourth-order valence-electron chi connectivity index (χ4n) is 2.99. The molecule has 29 heavy (non-hydrogen) atoms. The quantitative estimate of drug-likeness (QED) is 0.455. The lowest BCUT2D eigenvalue weighted by Gasteiger charge is -2.22. The molecule has 1 N–H and O–H groups in total. The third kappa shape index (κ3) is 4.76.